The summed E-state index contributed by atoms with van der Waals surface area (Å²) in [7, 11) is 0. The number of imidazole rings is 1. The van der Waals surface area contributed by atoms with Gasteiger partial charge in [-0.15, -0.1) is 0 Å². The van der Waals surface area contributed by atoms with Gasteiger partial charge in [-0.3, -0.25) is 4.57 Å². The predicted molar refractivity (Wildman–Crippen MR) is 243 cm³/mol. The number of furan rings is 1. The number of nitrogens with zero attached hydrogens (tertiary/aromatic N) is 2. The highest BCUT2D eigenvalue weighted by Gasteiger charge is 2.22. The smallest absolute Gasteiger partial charge is 0.145 e. The van der Waals surface area contributed by atoms with Crippen molar-refractivity contribution < 1.29 is 4.42 Å². The van der Waals surface area contributed by atoms with Crippen LogP contribution in [0.5, 0.6) is 0 Å². The van der Waals surface area contributed by atoms with E-state index >= 15 is 0 Å². The van der Waals surface area contributed by atoms with Gasteiger partial charge in [0.05, 0.1) is 16.7 Å². The van der Waals surface area contributed by atoms with Crippen LogP contribution in [0.15, 0.2) is 211 Å². The number of para-hydroxylation sites is 3. The Hall–Kier alpha value is -7.75. The molecule has 12 aromatic rings. The van der Waals surface area contributed by atoms with E-state index in [2.05, 4.69) is 205 Å². The van der Waals surface area contributed by atoms with E-state index in [1.165, 1.54) is 60.1 Å². The zero-order valence-electron chi connectivity index (χ0n) is 31.4. The van der Waals surface area contributed by atoms with Gasteiger partial charge >= 0.3 is 0 Å². The van der Waals surface area contributed by atoms with Crippen LogP contribution in [0.4, 0.5) is 0 Å². The molecule has 58 heavy (non-hydrogen) atoms. The van der Waals surface area contributed by atoms with Crippen molar-refractivity contribution in [3.63, 3.8) is 0 Å². The van der Waals surface area contributed by atoms with Crippen LogP contribution >= 0.6 is 0 Å². The maximum atomic E-state index is 6.44. The first-order valence-corrected chi connectivity index (χ1v) is 19.8. The Kier molecular flexibility index (Phi) is 7.23. The third-order valence-electron chi connectivity index (χ3n) is 11.8. The molecule has 0 spiro atoms. The fourth-order valence-electron chi connectivity index (χ4n) is 9.23. The topological polar surface area (TPSA) is 31.0 Å². The summed E-state index contributed by atoms with van der Waals surface area (Å²) in [5.41, 5.74) is 13.1. The van der Waals surface area contributed by atoms with Gasteiger partial charge in [0.15, 0.2) is 0 Å². The molecule has 0 aliphatic rings. The summed E-state index contributed by atoms with van der Waals surface area (Å²) >= 11 is 0. The van der Waals surface area contributed by atoms with Crippen molar-refractivity contribution >= 4 is 65.3 Å². The molecule has 10 aromatic carbocycles. The van der Waals surface area contributed by atoms with Crippen LogP contribution in [0.2, 0.25) is 0 Å². The largest absolute Gasteiger partial charge is 0.456 e. The highest BCUT2D eigenvalue weighted by atomic mass is 16.3. The van der Waals surface area contributed by atoms with E-state index in [9.17, 15) is 0 Å². The molecule has 0 bridgehead atoms. The van der Waals surface area contributed by atoms with Gasteiger partial charge in [-0.1, -0.05) is 170 Å². The van der Waals surface area contributed by atoms with Crippen LogP contribution in [0.1, 0.15) is 0 Å². The number of benzene rings is 10. The minimum absolute atomic E-state index is 0.893. The summed E-state index contributed by atoms with van der Waals surface area (Å²) in [4.78, 5) is 5.25. The molecule has 0 unspecified atom stereocenters. The fourth-order valence-corrected chi connectivity index (χ4v) is 9.23. The van der Waals surface area contributed by atoms with Crippen molar-refractivity contribution in [2.75, 3.05) is 0 Å². The molecule has 0 saturated heterocycles. The van der Waals surface area contributed by atoms with Gasteiger partial charge in [-0.05, 0) is 96.7 Å². The van der Waals surface area contributed by atoms with Gasteiger partial charge in [0.1, 0.15) is 17.0 Å². The standard InChI is InChI=1S/C55H34N2O/c1-2-14-35(15-3-1)39-32-33-43-46(34-39)53(45-22-13-27-51-54(45)44-21-8-11-26-50(44)58-51)42-20-7-6-19-41(42)52(43)37-28-30-38(31-29-37)55-56-47-23-9-10-24-49(47)57(55)48-25-12-17-36-16-4-5-18-40(36)48/h1-34H. The lowest BCUT2D eigenvalue weighted by Crippen LogP contribution is -1.99. The Balaban J connectivity index is 1.11. The molecule has 0 amide bonds. The lowest BCUT2D eigenvalue weighted by atomic mass is 9.84. The Labute approximate surface area is 334 Å². The molecule has 0 atom stereocenters. The second-order valence-electron chi connectivity index (χ2n) is 15.0. The maximum Gasteiger partial charge on any atom is 0.145 e. The highest BCUT2D eigenvalue weighted by Crippen LogP contribution is 2.48. The van der Waals surface area contributed by atoms with Crippen LogP contribution in [-0.2, 0) is 0 Å². The van der Waals surface area contributed by atoms with Crippen LogP contribution in [0, 0.1) is 0 Å². The average Bonchev–Trinajstić information content (AvgIpc) is 3.87. The Morgan fingerprint density at radius 3 is 1.86 bits per heavy atom. The number of hydrogen-bond acceptors (Lipinski definition) is 2. The minimum atomic E-state index is 0.893. The first-order chi connectivity index (χ1) is 28.8. The van der Waals surface area contributed by atoms with Gasteiger partial charge in [-0.25, -0.2) is 4.98 Å². The molecule has 3 heteroatoms. The van der Waals surface area contributed by atoms with E-state index in [-0.39, 0.29) is 0 Å². The van der Waals surface area contributed by atoms with E-state index in [1.807, 2.05) is 6.07 Å². The molecule has 0 saturated carbocycles. The van der Waals surface area contributed by atoms with Gasteiger partial charge in [0, 0.05) is 21.7 Å². The van der Waals surface area contributed by atoms with E-state index in [0.29, 0.717) is 0 Å². The van der Waals surface area contributed by atoms with Crippen LogP contribution < -0.4 is 0 Å². The lowest BCUT2D eigenvalue weighted by molar-refractivity contribution is 0.669. The number of rotatable bonds is 5. The van der Waals surface area contributed by atoms with Gasteiger partial charge in [0.25, 0.3) is 0 Å². The quantitative estimate of drug-likeness (QED) is 0.165. The Morgan fingerprint density at radius 1 is 0.379 bits per heavy atom. The van der Waals surface area contributed by atoms with Crippen molar-refractivity contribution in [3.8, 4) is 50.5 Å². The second kappa shape index (κ2) is 12.9. The van der Waals surface area contributed by atoms with Gasteiger partial charge in [-0.2, -0.15) is 0 Å². The third kappa shape index (κ3) is 4.97. The normalized spacial score (nSPS) is 11.8. The molecule has 0 aliphatic carbocycles. The molecular weight excluding hydrogens is 705 g/mol. The Bertz CT molecular complexity index is 3550. The summed E-state index contributed by atoms with van der Waals surface area (Å²) in [6, 6.07) is 74.0. The monoisotopic (exact) mass is 738 g/mol. The molecule has 0 radical (unpaired) electrons. The molecule has 0 N–H and O–H groups in total. The first-order valence-electron chi connectivity index (χ1n) is 19.8. The molecule has 3 nitrogen and oxygen atoms in total. The van der Waals surface area contributed by atoms with Crippen LogP contribution in [-0.4, -0.2) is 9.55 Å². The highest BCUT2D eigenvalue weighted by molar-refractivity contribution is 6.26. The van der Waals surface area contributed by atoms with E-state index in [0.717, 1.165) is 55.6 Å². The summed E-state index contributed by atoms with van der Waals surface area (Å²) < 4.78 is 8.76. The SMILES string of the molecule is c1ccc(-c2ccc3c(-c4ccc(-c5nc6ccccc6n5-c5cccc6ccccc56)cc4)c4ccccc4c(-c4cccc5oc6ccccc6c45)c3c2)cc1. The van der Waals surface area contributed by atoms with Crippen molar-refractivity contribution in [1.29, 1.82) is 0 Å². The summed E-state index contributed by atoms with van der Waals surface area (Å²) in [6.07, 6.45) is 0. The summed E-state index contributed by atoms with van der Waals surface area (Å²) in [5.74, 6) is 0.919. The lowest BCUT2D eigenvalue weighted by Gasteiger charge is -2.19. The summed E-state index contributed by atoms with van der Waals surface area (Å²) in [6.45, 7) is 0. The van der Waals surface area contributed by atoms with Crippen LogP contribution in [0.3, 0.4) is 0 Å². The minimum Gasteiger partial charge on any atom is -0.456 e. The predicted octanol–water partition coefficient (Wildman–Crippen LogP) is 15.1. The molecule has 2 heterocycles. The molecule has 12 rings (SSSR count). The van der Waals surface area contributed by atoms with E-state index in [1.54, 1.807) is 0 Å². The average molecular weight is 739 g/mol. The van der Waals surface area contributed by atoms with Crippen molar-refractivity contribution in [1.82, 2.24) is 9.55 Å². The molecule has 2 aromatic heterocycles. The summed E-state index contributed by atoms with van der Waals surface area (Å²) in [5, 5.41) is 9.47. The zero-order chi connectivity index (χ0) is 38.2. The third-order valence-corrected chi connectivity index (χ3v) is 11.8. The van der Waals surface area contributed by atoms with Gasteiger partial charge in [0.2, 0.25) is 0 Å². The Morgan fingerprint density at radius 2 is 1.00 bits per heavy atom. The van der Waals surface area contributed by atoms with E-state index in [4.69, 9.17) is 9.40 Å². The molecule has 0 fully saturated rings. The maximum absolute atomic E-state index is 6.44. The van der Waals surface area contributed by atoms with Crippen molar-refractivity contribution in [3.05, 3.63) is 206 Å². The fraction of sp³-hybridized carbons (Fsp3) is 0. The van der Waals surface area contributed by atoms with Crippen LogP contribution in [0.25, 0.3) is 116 Å². The zero-order valence-corrected chi connectivity index (χ0v) is 31.4. The number of fused-ring (bicyclic) bond motifs is 7. The number of aromatic nitrogens is 2. The first kappa shape index (κ1) is 32.5. The van der Waals surface area contributed by atoms with E-state index < -0.39 is 0 Å². The molecule has 270 valence electrons. The van der Waals surface area contributed by atoms with Crippen molar-refractivity contribution in [2.45, 2.75) is 0 Å². The van der Waals surface area contributed by atoms with Gasteiger partial charge < -0.3 is 4.42 Å². The molecule has 0 aliphatic heterocycles. The second-order valence-corrected chi connectivity index (χ2v) is 15.0. The number of hydrogen-bond donors (Lipinski definition) is 0. The molecular formula is C55H34N2O. The van der Waals surface area contributed by atoms with Crippen molar-refractivity contribution in [2.24, 2.45) is 0 Å².